The molecule has 0 radical (unpaired) electrons. The Labute approximate surface area is 97.3 Å². The van der Waals surface area contributed by atoms with E-state index in [1.165, 1.54) is 0 Å². The number of amides is 1. The van der Waals surface area contributed by atoms with Gasteiger partial charge in [-0.15, -0.1) is 0 Å². The van der Waals surface area contributed by atoms with Crippen molar-refractivity contribution < 1.29 is 9.53 Å². The highest BCUT2D eigenvalue weighted by molar-refractivity contribution is 5.81. The Morgan fingerprint density at radius 2 is 2.12 bits per heavy atom. The lowest BCUT2D eigenvalue weighted by atomic mass is 9.96. The number of hydrogen-bond donors (Lipinski definition) is 1. The van der Waals surface area contributed by atoms with Crippen LogP contribution in [0.1, 0.15) is 25.7 Å². The molecule has 2 fully saturated rings. The molecule has 0 aromatic carbocycles. The third-order valence-electron chi connectivity index (χ3n) is 3.62. The maximum atomic E-state index is 12.1. The van der Waals surface area contributed by atoms with E-state index in [-0.39, 0.29) is 12.0 Å². The summed E-state index contributed by atoms with van der Waals surface area (Å²) in [5, 5.41) is 3.21. The van der Waals surface area contributed by atoms with Crippen LogP contribution in [0.3, 0.4) is 0 Å². The molecule has 92 valence electrons. The predicted molar refractivity (Wildman–Crippen MR) is 62.2 cm³/mol. The van der Waals surface area contributed by atoms with Gasteiger partial charge >= 0.3 is 0 Å². The van der Waals surface area contributed by atoms with Crippen molar-refractivity contribution in [1.82, 2.24) is 10.2 Å². The molecule has 0 aromatic heterocycles. The summed E-state index contributed by atoms with van der Waals surface area (Å²) in [4.78, 5) is 14.0. The fourth-order valence-corrected chi connectivity index (χ4v) is 2.62. The van der Waals surface area contributed by atoms with Crippen LogP contribution >= 0.6 is 0 Å². The third kappa shape index (κ3) is 2.74. The molecule has 1 amide bonds. The maximum absolute atomic E-state index is 12.1. The predicted octanol–water partition coefficient (Wildman–Crippen LogP) is 0.623. The van der Waals surface area contributed by atoms with E-state index in [1.54, 1.807) is 0 Å². The zero-order valence-electron chi connectivity index (χ0n) is 10.1. The van der Waals surface area contributed by atoms with Gasteiger partial charge in [0.2, 0.25) is 0 Å². The number of likely N-dealkylation sites (tertiary alicyclic amines) is 1. The number of carbonyl (C=O) groups excluding carboxylic acids is 1. The van der Waals surface area contributed by atoms with Crippen LogP contribution in [0.5, 0.6) is 0 Å². The zero-order chi connectivity index (χ0) is 11.4. The molecule has 0 aliphatic carbocycles. The van der Waals surface area contributed by atoms with Crippen molar-refractivity contribution >= 4 is 5.91 Å². The molecule has 1 atom stereocenters. The van der Waals surface area contributed by atoms with E-state index in [1.807, 2.05) is 11.9 Å². The van der Waals surface area contributed by atoms with Crippen molar-refractivity contribution in [2.75, 3.05) is 33.3 Å². The van der Waals surface area contributed by atoms with Gasteiger partial charge in [-0.25, -0.2) is 0 Å². The molecule has 16 heavy (non-hydrogen) atoms. The topological polar surface area (TPSA) is 41.6 Å². The van der Waals surface area contributed by atoms with Gasteiger partial charge < -0.3 is 15.0 Å². The van der Waals surface area contributed by atoms with E-state index in [2.05, 4.69) is 5.32 Å². The average Bonchev–Trinajstić information content (AvgIpc) is 2.83. The van der Waals surface area contributed by atoms with Crippen LogP contribution in [0.4, 0.5) is 0 Å². The van der Waals surface area contributed by atoms with E-state index in [0.29, 0.717) is 0 Å². The van der Waals surface area contributed by atoms with Gasteiger partial charge in [0, 0.05) is 19.7 Å². The Hall–Kier alpha value is -0.610. The first-order chi connectivity index (χ1) is 7.81. The molecular weight excluding hydrogens is 204 g/mol. The number of ether oxygens (including phenoxy) is 1. The van der Waals surface area contributed by atoms with E-state index >= 15 is 0 Å². The second kappa shape index (κ2) is 5.64. The number of rotatable bonds is 3. The second-order valence-corrected chi connectivity index (χ2v) is 4.83. The largest absolute Gasteiger partial charge is 0.368 e. The van der Waals surface area contributed by atoms with Gasteiger partial charge in [-0.05, 0) is 45.2 Å². The van der Waals surface area contributed by atoms with Gasteiger partial charge in [-0.3, -0.25) is 4.79 Å². The van der Waals surface area contributed by atoms with E-state index < -0.39 is 0 Å². The minimum Gasteiger partial charge on any atom is -0.368 e. The minimum absolute atomic E-state index is 0.138. The summed E-state index contributed by atoms with van der Waals surface area (Å²) >= 11 is 0. The molecule has 2 aliphatic heterocycles. The van der Waals surface area contributed by atoms with Crippen molar-refractivity contribution in [3.8, 4) is 0 Å². The average molecular weight is 226 g/mol. The van der Waals surface area contributed by atoms with Crippen LogP contribution in [0.2, 0.25) is 0 Å². The van der Waals surface area contributed by atoms with Gasteiger partial charge in [0.1, 0.15) is 6.10 Å². The van der Waals surface area contributed by atoms with E-state index in [0.717, 1.165) is 57.8 Å². The van der Waals surface area contributed by atoms with Crippen molar-refractivity contribution in [1.29, 1.82) is 0 Å². The van der Waals surface area contributed by atoms with Crippen LogP contribution in [-0.4, -0.2) is 50.2 Å². The van der Waals surface area contributed by atoms with E-state index in [4.69, 9.17) is 4.74 Å². The first-order valence-electron chi connectivity index (χ1n) is 6.36. The first kappa shape index (κ1) is 11.9. The lowest BCUT2D eigenvalue weighted by molar-refractivity contribution is -0.142. The highest BCUT2D eigenvalue weighted by Crippen LogP contribution is 2.20. The van der Waals surface area contributed by atoms with Gasteiger partial charge in [0.05, 0.1) is 0 Å². The quantitative estimate of drug-likeness (QED) is 0.767. The summed E-state index contributed by atoms with van der Waals surface area (Å²) in [5.41, 5.74) is 0. The Morgan fingerprint density at radius 1 is 1.38 bits per heavy atom. The summed E-state index contributed by atoms with van der Waals surface area (Å²) in [6.07, 6.45) is 4.06. The van der Waals surface area contributed by atoms with Crippen molar-refractivity contribution in [3.05, 3.63) is 0 Å². The van der Waals surface area contributed by atoms with Gasteiger partial charge in [-0.2, -0.15) is 0 Å². The third-order valence-corrected chi connectivity index (χ3v) is 3.62. The fourth-order valence-electron chi connectivity index (χ4n) is 2.62. The smallest absolute Gasteiger partial charge is 0.251 e. The molecular formula is C12H22N2O2. The standard InChI is InChI=1S/C12H22N2O2/c1-13-9-10-4-6-14(7-5-10)12(15)11-3-2-8-16-11/h10-11,13H,2-9H2,1H3/t11-/m1/s1. The summed E-state index contributed by atoms with van der Waals surface area (Å²) in [6, 6.07) is 0. The second-order valence-electron chi connectivity index (χ2n) is 4.83. The molecule has 2 heterocycles. The highest BCUT2D eigenvalue weighted by atomic mass is 16.5. The minimum atomic E-state index is -0.138. The zero-order valence-corrected chi connectivity index (χ0v) is 10.1. The molecule has 0 bridgehead atoms. The molecule has 2 rings (SSSR count). The molecule has 0 unspecified atom stereocenters. The van der Waals surface area contributed by atoms with Crippen LogP contribution in [0, 0.1) is 5.92 Å². The maximum Gasteiger partial charge on any atom is 0.251 e. The van der Waals surface area contributed by atoms with Crippen LogP contribution < -0.4 is 5.32 Å². The highest BCUT2D eigenvalue weighted by Gasteiger charge is 2.30. The Morgan fingerprint density at radius 3 is 2.69 bits per heavy atom. The molecule has 4 nitrogen and oxygen atoms in total. The number of piperidine rings is 1. The molecule has 0 aromatic rings. The number of nitrogens with zero attached hydrogens (tertiary/aromatic N) is 1. The van der Waals surface area contributed by atoms with Gasteiger partial charge in [-0.1, -0.05) is 0 Å². The normalized spacial score (nSPS) is 27.3. The van der Waals surface area contributed by atoms with Gasteiger partial charge in [0.25, 0.3) is 5.91 Å². The summed E-state index contributed by atoms with van der Waals surface area (Å²) in [5.74, 6) is 0.957. The lowest BCUT2D eigenvalue weighted by Crippen LogP contribution is -2.44. The molecule has 1 N–H and O–H groups in total. The number of hydrogen-bond acceptors (Lipinski definition) is 3. The molecule has 0 saturated carbocycles. The van der Waals surface area contributed by atoms with Crippen LogP contribution in [0.25, 0.3) is 0 Å². The summed E-state index contributed by atoms with van der Waals surface area (Å²) < 4.78 is 5.44. The Balaban J connectivity index is 1.77. The SMILES string of the molecule is CNCC1CCN(C(=O)[C@H]2CCCO2)CC1. The Bertz CT molecular complexity index is 231. The molecule has 0 spiro atoms. The summed E-state index contributed by atoms with van der Waals surface area (Å²) in [7, 11) is 1.99. The number of carbonyl (C=O) groups is 1. The molecule has 2 aliphatic rings. The van der Waals surface area contributed by atoms with Gasteiger partial charge in [0.15, 0.2) is 0 Å². The fraction of sp³-hybridized carbons (Fsp3) is 0.917. The first-order valence-corrected chi connectivity index (χ1v) is 6.36. The van der Waals surface area contributed by atoms with Crippen molar-refractivity contribution in [2.45, 2.75) is 31.8 Å². The van der Waals surface area contributed by atoms with Crippen LogP contribution in [-0.2, 0) is 9.53 Å². The van der Waals surface area contributed by atoms with E-state index in [9.17, 15) is 4.79 Å². The summed E-state index contributed by atoms with van der Waals surface area (Å²) in [6.45, 7) is 3.64. The Kier molecular flexibility index (Phi) is 4.18. The lowest BCUT2D eigenvalue weighted by Gasteiger charge is -2.33. The number of nitrogens with one attached hydrogen (secondary N) is 1. The monoisotopic (exact) mass is 226 g/mol. The van der Waals surface area contributed by atoms with Crippen LogP contribution in [0.15, 0.2) is 0 Å². The van der Waals surface area contributed by atoms with Crippen molar-refractivity contribution in [3.63, 3.8) is 0 Å². The molecule has 4 heteroatoms. The van der Waals surface area contributed by atoms with Crippen molar-refractivity contribution in [2.24, 2.45) is 5.92 Å². The molecule has 2 saturated heterocycles.